The molecule has 1 unspecified atom stereocenters. The van der Waals surface area contributed by atoms with Crippen LogP contribution in [0.15, 0.2) is 48.2 Å². The summed E-state index contributed by atoms with van der Waals surface area (Å²) in [5.74, 6) is 1.16. The van der Waals surface area contributed by atoms with Crippen molar-refractivity contribution in [3.05, 3.63) is 48.2 Å². The number of hydrogen-bond donors (Lipinski definition) is 3. The predicted molar refractivity (Wildman–Crippen MR) is 104 cm³/mol. The number of carbonyl (C=O) groups is 1. The minimum absolute atomic E-state index is 0.208. The number of aryl methyl sites for hydroxylation is 1. The standard InChI is InChI=1S/C19H24N6O/c1-21-17-11-14(8-9-22-17)16-12-18(25(2)24-16)23-19(26)15(20)10-13-6-4-3-5-7-13/h3-4,6,8-9,11-12,15H,5,7,10,20H2,1-2H3,(H,21,22)(H,23,26). The maximum atomic E-state index is 12.4. The lowest BCUT2D eigenvalue weighted by molar-refractivity contribution is -0.117. The second kappa shape index (κ2) is 7.97. The molecular weight excluding hydrogens is 328 g/mol. The second-order valence-electron chi connectivity index (χ2n) is 6.31. The van der Waals surface area contributed by atoms with E-state index in [1.807, 2.05) is 37.4 Å². The molecule has 1 aliphatic rings. The van der Waals surface area contributed by atoms with Crippen molar-refractivity contribution in [2.24, 2.45) is 12.8 Å². The second-order valence-corrected chi connectivity index (χ2v) is 6.31. The van der Waals surface area contributed by atoms with Crippen molar-refractivity contribution in [3.8, 4) is 11.3 Å². The maximum absolute atomic E-state index is 12.4. The Morgan fingerprint density at radius 2 is 2.27 bits per heavy atom. The number of carbonyl (C=O) groups excluding carboxylic acids is 1. The Morgan fingerprint density at radius 3 is 3.00 bits per heavy atom. The van der Waals surface area contributed by atoms with Gasteiger partial charge < -0.3 is 16.4 Å². The lowest BCUT2D eigenvalue weighted by Gasteiger charge is -2.15. The average Bonchev–Trinajstić information content (AvgIpc) is 3.03. The molecular formula is C19H24N6O. The lowest BCUT2D eigenvalue weighted by Crippen LogP contribution is -2.36. The van der Waals surface area contributed by atoms with Crippen LogP contribution in [0.1, 0.15) is 19.3 Å². The first-order chi connectivity index (χ1) is 12.6. The van der Waals surface area contributed by atoms with Crippen LogP contribution in [0, 0.1) is 0 Å². The molecule has 0 saturated carbocycles. The molecule has 2 aromatic heterocycles. The van der Waals surface area contributed by atoms with Gasteiger partial charge in [-0.2, -0.15) is 5.10 Å². The van der Waals surface area contributed by atoms with Gasteiger partial charge in [-0.05, 0) is 31.4 Å². The zero-order valence-electron chi connectivity index (χ0n) is 15.1. The molecule has 26 heavy (non-hydrogen) atoms. The highest BCUT2D eigenvalue weighted by molar-refractivity contribution is 5.94. The van der Waals surface area contributed by atoms with E-state index >= 15 is 0 Å². The Hall–Kier alpha value is -2.93. The summed E-state index contributed by atoms with van der Waals surface area (Å²) in [7, 11) is 3.61. The van der Waals surface area contributed by atoms with Crippen LogP contribution in [0.3, 0.4) is 0 Å². The van der Waals surface area contributed by atoms with Gasteiger partial charge in [-0.25, -0.2) is 4.98 Å². The van der Waals surface area contributed by atoms with E-state index in [4.69, 9.17) is 5.73 Å². The number of rotatable bonds is 6. The van der Waals surface area contributed by atoms with Crippen molar-refractivity contribution >= 4 is 17.5 Å². The van der Waals surface area contributed by atoms with Crippen molar-refractivity contribution in [1.29, 1.82) is 0 Å². The molecule has 2 aromatic rings. The third kappa shape index (κ3) is 4.18. The van der Waals surface area contributed by atoms with E-state index in [1.165, 1.54) is 5.57 Å². The van der Waals surface area contributed by atoms with E-state index in [9.17, 15) is 4.79 Å². The van der Waals surface area contributed by atoms with Gasteiger partial charge in [0.2, 0.25) is 5.91 Å². The molecule has 1 amide bonds. The molecule has 0 radical (unpaired) electrons. The minimum Gasteiger partial charge on any atom is -0.373 e. The number of nitrogens with zero attached hydrogens (tertiary/aromatic N) is 3. The Bertz CT molecular complexity index is 851. The fourth-order valence-corrected chi connectivity index (χ4v) is 2.87. The van der Waals surface area contributed by atoms with E-state index in [2.05, 4.69) is 26.8 Å². The van der Waals surface area contributed by atoms with Crippen molar-refractivity contribution in [3.63, 3.8) is 0 Å². The zero-order valence-corrected chi connectivity index (χ0v) is 15.1. The van der Waals surface area contributed by atoms with Crippen LogP contribution < -0.4 is 16.4 Å². The maximum Gasteiger partial charge on any atom is 0.242 e. The van der Waals surface area contributed by atoms with Crippen molar-refractivity contribution in [1.82, 2.24) is 14.8 Å². The highest BCUT2D eigenvalue weighted by Gasteiger charge is 2.18. The van der Waals surface area contributed by atoms with Gasteiger partial charge >= 0.3 is 0 Å². The topological polar surface area (TPSA) is 97.9 Å². The Balaban J connectivity index is 1.69. The summed E-state index contributed by atoms with van der Waals surface area (Å²) in [6, 6.07) is 5.04. The SMILES string of the molecule is CNc1cc(-c2cc(NC(=O)C(N)CC3=CC=CCC3)n(C)n2)ccn1. The third-order valence-electron chi connectivity index (χ3n) is 4.36. The smallest absolute Gasteiger partial charge is 0.242 e. The molecule has 1 aliphatic carbocycles. The van der Waals surface area contributed by atoms with Gasteiger partial charge in [0.05, 0.1) is 11.7 Å². The van der Waals surface area contributed by atoms with Gasteiger partial charge in [0.1, 0.15) is 11.6 Å². The first-order valence-corrected chi connectivity index (χ1v) is 8.66. The van der Waals surface area contributed by atoms with Gasteiger partial charge in [-0.15, -0.1) is 0 Å². The Morgan fingerprint density at radius 1 is 1.42 bits per heavy atom. The molecule has 1 atom stereocenters. The monoisotopic (exact) mass is 352 g/mol. The van der Waals surface area contributed by atoms with Gasteiger partial charge in [0.25, 0.3) is 0 Å². The van der Waals surface area contributed by atoms with E-state index in [1.54, 1.807) is 17.9 Å². The number of pyridine rings is 1. The van der Waals surface area contributed by atoms with Crippen molar-refractivity contribution in [2.75, 3.05) is 17.7 Å². The average molecular weight is 352 g/mol. The molecule has 7 nitrogen and oxygen atoms in total. The summed E-state index contributed by atoms with van der Waals surface area (Å²) in [4.78, 5) is 16.6. The number of nitrogens with two attached hydrogens (primary N) is 1. The van der Waals surface area contributed by atoms with Gasteiger partial charge in [-0.3, -0.25) is 9.48 Å². The number of anilines is 2. The van der Waals surface area contributed by atoms with Gasteiger partial charge in [0, 0.05) is 31.9 Å². The molecule has 7 heteroatoms. The number of amides is 1. The summed E-state index contributed by atoms with van der Waals surface area (Å²) < 4.78 is 1.64. The van der Waals surface area contributed by atoms with Gasteiger partial charge in [0.15, 0.2) is 0 Å². The molecule has 0 bridgehead atoms. The number of aromatic nitrogens is 3. The molecule has 0 aliphatic heterocycles. The van der Waals surface area contributed by atoms with Crippen molar-refractivity contribution < 1.29 is 4.79 Å². The van der Waals surface area contributed by atoms with Gasteiger partial charge in [-0.1, -0.05) is 23.8 Å². The molecule has 0 fully saturated rings. The minimum atomic E-state index is -0.581. The largest absolute Gasteiger partial charge is 0.373 e. The van der Waals surface area contributed by atoms with E-state index in [0.717, 1.165) is 29.9 Å². The summed E-state index contributed by atoms with van der Waals surface area (Å²) in [5.41, 5.74) is 8.96. The van der Waals surface area contributed by atoms with Crippen molar-refractivity contribution in [2.45, 2.75) is 25.3 Å². The molecule has 0 aromatic carbocycles. The highest BCUT2D eigenvalue weighted by atomic mass is 16.2. The van der Waals surface area contributed by atoms with Crippen LogP contribution in [0.2, 0.25) is 0 Å². The number of hydrogen-bond acceptors (Lipinski definition) is 5. The highest BCUT2D eigenvalue weighted by Crippen LogP contribution is 2.23. The van der Waals surface area contributed by atoms with E-state index < -0.39 is 6.04 Å². The first-order valence-electron chi connectivity index (χ1n) is 8.66. The summed E-state index contributed by atoms with van der Waals surface area (Å²) in [6.45, 7) is 0. The molecule has 2 heterocycles. The molecule has 4 N–H and O–H groups in total. The van der Waals surface area contributed by atoms with Crippen LogP contribution in [-0.2, 0) is 11.8 Å². The Labute approximate surface area is 153 Å². The van der Waals surface area contributed by atoms with Crippen LogP contribution in [-0.4, -0.2) is 33.8 Å². The van der Waals surface area contributed by atoms with Crippen LogP contribution in [0.4, 0.5) is 11.6 Å². The summed E-state index contributed by atoms with van der Waals surface area (Å²) in [5, 5.41) is 10.4. The quantitative estimate of drug-likeness (QED) is 0.742. The molecule has 0 saturated heterocycles. The predicted octanol–water partition coefficient (Wildman–Crippen LogP) is 2.46. The fourth-order valence-electron chi connectivity index (χ4n) is 2.87. The van der Waals surface area contributed by atoms with Crippen LogP contribution in [0.25, 0.3) is 11.3 Å². The first kappa shape index (κ1) is 17.9. The van der Waals surface area contributed by atoms with Crippen LogP contribution in [0.5, 0.6) is 0 Å². The summed E-state index contributed by atoms with van der Waals surface area (Å²) >= 11 is 0. The van der Waals surface area contributed by atoms with E-state index in [0.29, 0.717) is 12.2 Å². The lowest BCUT2D eigenvalue weighted by atomic mass is 9.98. The van der Waals surface area contributed by atoms with Crippen LogP contribution >= 0.6 is 0 Å². The fraction of sp³-hybridized carbons (Fsp3) is 0.316. The third-order valence-corrected chi connectivity index (χ3v) is 4.36. The molecule has 136 valence electrons. The molecule has 0 spiro atoms. The zero-order chi connectivity index (χ0) is 18.5. The Kier molecular flexibility index (Phi) is 5.48. The normalized spacial score (nSPS) is 14.7. The number of nitrogens with one attached hydrogen (secondary N) is 2. The van der Waals surface area contributed by atoms with E-state index in [-0.39, 0.29) is 5.91 Å². The molecule has 3 rings (SSSR count). The summed E-state index contributed by atoms with van der Waals surface area (Å²) in [6.07, 6.45) is 10.4. The number of allylic oxidation sites excluding steroid dienone is 3.